The molecule has 6 nitrogen and oxygen atoms in total. The molecule has 0 aliphatic carbocycles. The summed E-state index contributed by atoms with van der Waals surface area (Å²) in [5.41, 5.74) is 2.58. The maximum absolute atomic E-state index is 11.6. The molecule has 7 heteroatoms. The van der Waals surface area contributed by atoms with Gasteiger partial charge >= 0.3 is 0 Å². The topological polar surface area (TPSA) is 45.3 Å². The fourth-order valence-electron chi connectivity index (χ4n) is 4.96. The number of benzene rings is 1. The van der Waals surface area contributed by atoms with Crippen molar-refractivity contribution in [1.82, 2.24) is 14.7 Å². The molecule has 3 aliphatic heterocycles. The number of thiophene rings is 1. The van der Waals surface area contributed by atoms with Gasteiger partial charge in [-0.2, -0.15) is 0 Å². The van der Waals surface area contributed by atoms with Gasteiger partial charge in [0.1, 0.15) is 0 Å². The van der Waals surface area contributed by atoms with Gasteiger partial charge in [0.2, 0.25) is 6.79 Å². The third kappa shape index (κ3) is 4.95. The van der Waals surface area contributed by atoms with Crippen LogP contribution in [0.25, 0.3) is 0 Å². The molecule has 0 radical (unpaired) electrons. The van der Waals surface area contributed by atoms with Crippen molar-refractivity contribution in [3.63, 3.8) is 0 Å². The van der Waals surface area contributed by atoms with E-state index in [0.717, 1.165) is 68.7 Å². The lowest BCUT2D eigenvalue weighted by atomic mass is 10.0. The third-order valence-electron chi connectivity index (χ3n) is 6.65. The van der Waals surface area contributed by atoms with Crippen LogP contribution in [0.2, 0.25) is 0 Å². The lowest BCUT2D eigenvalue weighted by Gasteiger charge is -2.43. The van der Waals surface area contributed by atoms with Crippen LogP contribution in [0.15, 0.2) is 29.6 Å². The van der Waals surface area contributed by atoms with Crippen molar-refractivity contribution in [2.45, 2.75) is 38.9 Å². The number of hydrogen-bond acceptors (Lipinski definition) is 7. The highest BCUT2D eigenvalue weighted by atomic mass is 32.1. The second-order valence-electron chi connectivity index (χ2n) is 8.91. The Morgan fingerprint density at radius 3 is 2.61 bits per heavy atom. The fraction of sp³-hybridized carbons (Fsp3) is 0.542. The number of piperazine rings is 1. The van der Waals surface area contributed by atoms with E-state index in [1.54, 1.807) is 18.3 Å². The number of ketones is 1. The molecule has 166 valence electrons. The van der Waals surface area contributed by atoms with Crippen LogP contribution in [0.1, 0.15) is 40.6 Å². The first kappa shape index (κ1) is 20.9. The Morgan fingerprint density at radius 1 is 1.00 bits per heavy atom. The van der Waals surface area contributed by atoms with Crippen molar-refractivity contribution in [1.29, 1.82) is 0 Å². The quantitative estimate of drug-likeness (QED) is 0.640. The van der Waals surface area contributed by atoms with Gasteiger partial charge in [-0.25, -0.2) is 0 Å². The third-order valence-corrected chi connectivity index (χ3v) is 7.73. The van der Waals surface area contributed by atoms with Crippen LogP contribution < -0.4 is 9.47 Å². The smallest absolute Gasteiger partial charge is 0.231 e. The highest BCUT2D eigenvalue weighted by Gasteiger charge is 2.28. The molecule has 1 aromatic heterocycles. The van der Waals surface area contributed by atoms with Crippen LogP contribution in [-0.2, 0) is 13.1 Å². The number of ether oxygens (including phenoxy) is 2. The summed E-state index contributed by atoms with van der Waals surface area (Å²) in [5.74, 6) is 1.90. The van der Waals surface area contributed by atoms with E-state index in [4.69, 9.17) is 9.47 Å². The molecule has 2 aromatic rings. The van der Waals surface area contributed by atoms with Crippen molar-refractivity contribution in [3.8, 4) is 11.5 Å². The molecule has 0 unspecified atom stereocenters. The molecule has 0 bridgehead atoms. The fourth-order valence-corrected chi connectivity index (χ4v) is 5.76. The number of hydrogen-bond donors (Lipinski definition) is 0. The van der Waals surface area contributed by atoms with Gasteiger partial charge in [-0.05, 0) is 61.0 Å². The van der Waals surface area contributed by atoms with E-state index in [2.05, 4.69) is 38.3 Å². The first-order chi connectivity index (χ1) is 15.1. The van der Waals surface area contributed by atoms with Gasteiger partial charge in [0, 0.05) is 51.9 Å². The Balaban J connectivity index is 1.11. The molecule has 1 atom stereocenters. The monoisotopic (exact) mass is 441 g/mol. The lowest BCUT2D eigenvalue weighted by Crippen LogP contribution is -2.54. The Hall–Kier alpha value is -1.93. The molecule has 1 aromatic carbocycles. The number of Topliss-reactive ketones (excluding diaryl/α,β-unsaturated/α-hetero) is 1. The van der Waals surface area contributed by atoms with E-state index in [1.807, 2.05) is 6.07 Å². The van der Waals surface area contributed by atoms with E-state index >= 15 is 0 Å². The lowest BCUT2D eigenvalue weighted by molar-refractivity contribution is 0.0477. The van der Waals surface area contributed by atoms with Crippen LogP contribution in [-0.4, -0.2) is 72.6 Å². The summed E-state index contributed by atoms with van der Waals surface area (Å²) in [6, 6.07) is 9.02. The summed E-state index contributed by atoms with van der Waals surface area (Å²) < 4.78 is 10.9. The predicted octanol–water partition coefficient (Wildman–Crippen LogP) is 3.46. The highest BCUT2D eigenvalue weighted by molar-refractivity contribution is 7.12. The zero-order valence-electron chi connectivity index (χ0n) is 18.2. The number of fused-ring (bicyclic) bond motifs is 1. The van der Waals surface area contributed by atoms with Crippen LogP contribution in [0.4, 0.5) is 0 Å². The van der Waals surface area contributed by atoms with Crippen molar-refractivity contribution < 1.29 is 14.3 Å². The Bertz CT molecular complexity index is 923. The number of likely N-dealkylation sites (tertiary alicyclic amines) is 1. The largest absolute Gasteiger partial charge is 0.454 e. The van der Waals surface area contributed by atoms with Gasteiger partial charge in [0.15, 0.2) is 17.3 Å². The summed E-state index contributed by atoms with van der Waals surface area (Å²) >= 11 is 1.58. The van der Waals surface area contributed by atoms with Gasteiger partial charge in [0.05, 0.1) is 4.88 Å². The second kappa shape index (κ2) is 9.28. The molecule has 2 saturated heterocycles. The number of carbonyl (C=O) groups is 1. The standard InChI is InChI=1S/C24H31N3O3S/c1-18(28)24-12-20(16-31-24)14-26-6-2-3-21(15-26)27-9-7-25(8-10-27)13-19-4-5-22-23(11-19)30-17-29-22/h4-5,11-12,16,21H,2-3,6-10,13-15,17H2,1H3/t21-/m0/s1. The molecule has 0 spiro atoms. The number of carbonyl (C=O) groups excluding carboxylic acids is 1. The van der Waals surface area contributed by atoms with Crippen LogP contribution >= 0.6 is 11.3 Å². The molecule has 5 rings (SSSR count). The van der Waals surface area contributed by atoms with E-state index < -0.39 is 0 Å². The summed E-state index contributed by atoms with van der Waals surface area (Å²) in [7, 11) is 0. The zero-order valence-corrected chi connectivity index (χ0v) is 19.0. The van der Waals surface area contributed by atoms with E-state index in [1.165, 1.54) is 24.0 Å². The van der Waals surface area contributed by atoms with E-state index in [9.17, 15) is 4.79 Å². The Labute approximate surface area is 188 Å². The minimum Gasteiger partial charge on any atom is -0.454 e. The summed E-state index contributed by atoms with van der Waals surface area (Å²) in [4.78, 5) is 20.3. The Kier molecular flexibility index (Phi) is 6.27. The van der Waals surface area contributed by atoms with Crippen molar-refractivity contribution >= 4 is 17.1 Å². The van der Waals surface area contributed by atoms with Gasteiger partial charge in [-0.1, -0.05) is 6.07 Å². The van der Waals surface area contributed by atoms with Gasteiger partial charge in [0.25, 0.3) is 0 Å². The molecule has 31 heavy (non-hydrogen) atoms. The normalized spacial score (nSPS) is 22.7. The van der Waals surface area contributed by atoms with Crippen LogP contribution in [0.5, 0.6) is 11.5 Å². The average molecular weight is 442 g/mol. The molecular formula is C24H31N3O3S. The number of rotatable bonds is 6. The molecule has 0 saturated carbocycles. The second-order valence-corrected chi connectivity index (χ2v) is 9.82. The van der Waals surface area contributed by atoms with E-state index in [-0.39, 0.29) is 5.78 Å². The number of nitrogens with zero attached hydrogens (tertiary/aromatic N) is 3. The van der Waals surface area contributed by atoms with Crippen LogP contribution in [0, 0.1) is 0 Å². The molecule has 3 aliphatic rings. The summed E-state index contributed by atoms with van der Waals surface area (Å²) in [6.07, 6.45) is 2.55. The van der Waals surface area contributed by atoms with Gasteiger partial charge in [-0.15, -0.1) is 11.3 Å². The maximum atomic E-state index is 11.6. The van der Waals surface area contributed by atoms with E-state index in [0.29, 0.717) is 12.8 Å². The minimum absolute atomic E-state index is 0.173. The number of piperidine rings is 1. The molecule has 4 heterocycles. The molecular weight excluding hydrogens is 410 g/mol. The van der Waals surface area contributed by atoms with Gasteiger partial charge in [-0.3, -0.25) is 19.5 Å². The molecule has 0 amide bonds. The first-order valence-electron chi connectivity index (χ1n) is 11.3. The average Bonchev–Trinajstić information content (AvgIpc) is 3.44. The van der Waals surface area contributed by atoms with Crippen molar-refractivity contribution in [3.05, 3.63) is 45.6 Å². The van der Waals surface area contributed by atoms with Crippen molar-refractivity contribution in [2.24, 2.45) is 0 Å². The van der Waals surface area contributed by atoms with Gasteiger partial charge < -0.3 is 9.47 Å². The maximum Gasteiger partial charge on any atom is 0.231 e. The molecule has 0 N–H and O–H groups in total. The minimum atomic E-state index is 0.173. The zero-order chi connectivity index (χ0) is 21.2. The first-order valence-corrected chi connectivity index (χ1v) is 12.2. The SMILES string of the molecule is CC(=O)c1cc(CN2CCC[C@H](N3CCN(Cc4ccc5c(c4)OCO5)CC3)C2)cs1. The summed E-state index contributed by atoms with van der Waals surface area (Å²) in [6.45, 7) is 10.7. The highest BCUT2D eigenvalue weighted by Crippen LogP contribution is 2.33. The summed E-state index contributed by atoms with van der Waals surface area (Å²) in [5, 5.41) is 2.15. The molecule has 2 fully saturated rings. The predicted molar refractivity (Wildman–Crippen MR) is 122 cm³/mol. The van der Waals surface area contributed by atoms with Crippen molar-refractivity contribution in [2.75, 3.05) is 46.1 Å². The van der Waals surface area contributed by atoms with Crippen LogP contribution in [0.3, 0.4) is 0 Å². The Morgan fingerprint density at radius 2 is 1.81 bits per heavy atom.